The van der Waals surface area contributed by atoms with E-state index in [9.17, 15) is 13.2 Å². The number of carbonyl (C=O) groups excluding carboxylic acids is 1. The van der Waals surface area contributed by atoms with Crippen LogP contribution in [0.15, 0.2) is 41.6 Å². The quantitative estimate of drug-likeness (QED) is 0.492. The fourth-order valence-electron chi connectivity index (χ4n) is 4.71. The number of urea groups is 1. The molecular formula is C24H27N5O6S. The number of amides is 2. The van der Waals surface area contributed by atoms with Crippen LogP contribution in [0.4, 0.5) is 10.5 Å². The Kier molecular flexibility index (Phi) is 6.18. The van der Waals surface area contributed by atoms with Gasteiger partial charge in [-0.1, -0.05) is 12.1 Å². The summed E-state index contributed by atoms with van der Waals surface area (Å²) in [6.45, 7) is 0.580. The molecule has 2 aromatic heterocycles. The third-order valence-electron chi connectivity index (χ3n) is 6.66. The second kappa shape index (κ2) is 9.19. The van der Waals surface area contributed by atoms with Crippen LogP contribution < -0.4 is 14.8 Å². The Balaban J connectivity index is 1.43. The minimum Gasteiger partial charge on any atom is -0.481 e. The van der Waals surface area contributed by atoms with Crippen molar-refractivity contribution in [3.8, 4) is 17.0 Å². The lowest BCUT2D eigenvalue weighted by Gasteiger charge is -2.39. The van der Waals surface area contributed by atoms with Crippen molar-refractivity contribution in [2.24, 2.45) is 7.05 Å². The van der Waals surface area contributed by atoms with E-state index in [0.717, 1.165) is 41.5 Å². The number of hydrogen-bond donors (Lipinski definition) is 2. The Morgan fingerprint density at radius 3 is 2.67 bits per heavy atom. The molecule has 0 unspecified atom stereocenters. The number of aryl methyl sites for hydroxylation is 2. The van der Waals surface area contributed by atoms with Gasteiger partial charge in [-0.2, -0.15) is 13.5 Å². The van der Waals surface area contributed by atoms with Crippen LogP contribution in [0, 0.1) is 0 Å². The van der Waals surface area contributed by atoms with Crippen molar-refractivity contribution in [3.63, 3.8) is 0 Å². The fourth-order valence-corrected chi connectivity index (χ4v) is 5.60. The van der Waals surface area contributed by atoms with Crippen LogP contribution in [0.2, 0.25) is 0 Å². The number of aromatic nitrogens is 3. The number of fused-ring (bicyclic) bond motifs is 1. The van der Waals surface area contributed by atoms with Crippen molar-refractivity contribution in [3.05, 3.63) is 53.3 Å². The van der Waals surface area contributed by atoms with Gasteiger partial charge in [-0.05, 0) is 42.0 Å². The van der Waals surface area contributed by atoms with Crippen LogP contribution in [-0.2, 0) is 45.0 Å². The van der Waals surface area contributed by atoms with Crippen LogP contribution >= 0.6 is 0 Å². The topological polar surface area (TPSA) is 134 Å². The molecular weight excluding hydrogens is 486 g/mol. The molecule has 1 aliphatic carbocycles. The first-order valence-corrected chi connectivity index (χ1v) is 12.9. The lowest BCUT2D eigenvalue weighted by Crippen LogP contribution is -2.49. The summed E-state index contributed by atoms with van der Waals surface area (Å²) in [5.74, 6) is 0.433. The van der Waals surface area contributed by atoms with Crippen LogP contribution in [0.3, 0.4) is 0 Å². The van der Waals surface area contributed by atoms with Crippen LogP contribution in [0.25, 0.3) is 11.1 Å². The summed E-state index contributed by atoms with van der Waals surface area (Å²) in [5.41, 5.74) is 4.00. The number of hydrogen-bond acceptors (Lipinski definition) is 8. The average Bonchev–Trinajstić information content (AvgIpc) is 3.46. The number of sulfonamides is 1. The van der Waals surface area contributed by atoms with Gasteiger partial charge in [-0.3, -0.25) is 4.68 Å². The third-order valence-corrected chi connectivity index (χ3v) is 7.87. The highest BCUT2D eigenvalue weighted by Gasteiger charge is 2.44. The summed E-state index contributed by atoms with van der Waals surface area (Å²) in [7, 11) is 0.426. The molecule has 0 bridgehead atoms. The highest BCUT2D eigenvalue weighted by atomic mass is 32.2. The molecule has 0 radical (unpaired) electrons. The van der Waals surface area contributed by atoms with Gasteiger partial charge in [-0.15, -0.1) is 0 Å². The van der Waals surface area contributed by atoms with Crippen LogP contribution in [0.5, 0.6) is 5.88 Å². The van der Waals surface area contributed by atoms with E-state index in [4.69, 9.17) is 14.2 Å². The Morgan fingerprint density at radius 1 is 1.17 bits per heavy atom. The highest BCUT2D eigenvalue weighted by molar-refractivity contribution is 7.90. The van der Waals surface area contributed by atoms with E-state index in [0.29, 0.717) is 17.3 Å². The van der Waals surface area contributed by atoms with Gasteiger partial charge in [0.05, 0.1) is 31.7 Å². The zero-order valence-corrected chi connectivity index (χ0v) is 21.0. The smallest absolute Gasteiger partial charge is 0.333 e. The molecule has 11 nitrogen and oxygen atoms in total. The third kappa shape index (κ3) is 4.21. The molecule has 3 aromatic rings. The van der Waals surface area contributed by atoms with Gasteiger partial charge in [0.15, 0.2) is 10.6 Å². The summed E-state index contributed by atoms with van der Waals surface area (Å²) in [5, 5.41) is 6.62. The molecule has 36 heavy (non-hydrogen) atoms. The maximum Gasteiger partial charge on any atom is 0.333 e. The normalized spacial score (nSPS) is 16.2. The molecule has 0 spiro atoms. The minimum absolute atomic E-state index is 0.282. The van der Waals surface area contributed by atoms with Gasteiger partial charge in [0, 0.05) is 38.1 Å². The molecule has 2 aliphatic rings. The maximum absolute atomic E-state index is 13.0. The lowest BCUT2D eigenvalue weighted by atomic mass is 9.97. The van der Waals surface area contributed by atoms with Gasteiger partial charge in [0.25, 0.3) is 10.0 Å². The van der Waals surface area contributed by atoms with E-state index in [-0.39, 0.29) is 18.2 Å². The number of nitrogens with zero attached hydrogens (tertiary/aromatic N) is 3. The second-order valence-corrected chi connectivity index (χ2v) is 10.4. The summed E-state index contributed by atoms with van der Waals surface area (Å²) >= 11 is 0. The van der Waals surface area contributed by atoms with E-state index >= 15 is 0 Å². The van der Waals surface area contributed by atoms with Gasteiger partial charge in [0.2, 0.25) is 5.88 Å². The Hall–Kier alpha value is -3.48. The van der Waals surface area contributed by atoms with Gasteiger partial charge >= 0.3 is 6.03 Å². The molecule has 2 amide bonds. The van der Waals surface area contributed by atoms with Crippen LogP contribution in [0.1, 0.15) is 23.2 Å². The Morgan fingerprint density at radius 2 is 1.97 bits per heavy atom. The zero-order chi connectivity index (χ0) is 25.5. The van der Waals surface area contributed by atoms with Crippen molar-refractivity contribution in [1.82, 2.24) is 19.5 Å². The Labute approximate surface area is 208 Å². The number of benzene rings is 1. The lowest BCUT2D eigenvalue weighted by molar-refractivity contribution is -0.206. The maximum atomic E-state index is 13.0. The van der Waals surface area contributed by atoms with Crippen LogP contribution in [-0.4, -0.2) is 56.6 Å². The standard InChI is InChI=1S/C24H27N5O6S/c1-29-19(24(34-3)13-35-14-24)12-21(27-29)36(31,32)28-23(30)26-22-17-6-4-5-15(17)7-8-18(22)16-9-10-25-20(11-16)33-2/h7-12H,4-6,13-14H2,1-3H3,(H2,26,28,30). The number of nitrogens with one attached hydrogen (secondary N) is 2. The van der Waals surface area contributed by atoms with Crippen molar-refractivity contribution in [2.75, 3.05) is 32.8 Å². The molecule has 2 N–H and O–H groups in total. The van der Waals surface area contributed by atoms with Gasteiger partial charge in [0.1, 0.15) is 0 Å². The fraction of sp³-hybridized carbons (Fsp3) is 0.375. The van der Waals surface area contributed by atoms with E-state index in [1.54, 1.807) is 19.3 Å². The van der Waals surface area contributed by atoms with Gasteiger partial charge < -0.3 is 19.5 Å². The molecule has 12 heteroatoms. The largest absolute Gasteiger partial charge is 0.481 e. The summed E-state index contributed by atoms with van der Waals surface area (Å²) in [6.07, 6.45) is 4.24. The first-order chi connectivity index (χ1) is 17.3. The van der Waals surface area contributed by atoms with E-state index in [1.165, 1.54) is 25.0 Å². The number of pyridine rings is 1. The number of rotatable bonds is 7. The first kappa shape index (κ1) is 24.2. The molecule has 5 rings (SSSR count). The number of anilines is 1. The zero-order valence-electron chi connectivity index (χ0n) is 20.2. The molecule has 3 heterocycles. The SMILES string of the molecule is COc1cc(-c2ccc3c(c2NC(=O)NS(=O)(=O)c2cc(C4(OC)COC4)n(C)n2)CCC3)ccn1. The second-order valence-electron chi connectivity index (χ2n) is 8.81. The molecule has 0 saturated carbocycles. The number of carbonyl (C=O) groups is 1. The number of ether oxygens (including phenoxy) is 3. The van der Waals surface area contributed by atoms with Crippen molar-refractivity contribution >= 4 is 21.7 Å². The average molecular weight is 514 g/mol. The van der Waals surface area contributed by atoms with Crippen molar-refractivity contribution in [2.45, 2.75) is 29.9 Å². The monoisotopic (exact) mass is 513 g/mol. The molecule has 190 valence electrons. The van der Waals surface area contributed by atoms with E-state index in [1.807, 2.05) is 18.2 Å². The first-order valence-electron chi connectivity index (χ1n) is 11.4. The van der Waals surface area contributed by atoms with E-state index in [2.05, 4.69) is 20.1 Å². The molecule has 1 aliphatic heterocycles. The summed E-state index contributed by atoms with van der Waals surface area (Å²) in [6, 6.07) is 8.05. The van der Waals surface area contributed by atoms with Crippen molar-refractivity contribution in [1.29, 1.82) is 0 Å². The summed E-state index contributed by atoms with van der Waals surface area (Å²) < 4.78 is 45.7. The van der Waals surface area contributed by atoms with Gasteiger partial charge in [-0.25, -0.2) is 14.5 Å². The molecule has 0 atom stereocenters. The molecule has 1 saturated heterocycles. The summed E-state index contributed by atoms with van der Waals surface area (Å²) in [4.78, 5) is 17.1. The minimum atomic E-state index is -4.26. The van der Waals surface area contributed by atoms with E-state index < -0.39 is 21.7 Å². The molecule has 1 aromatic carbocycles. The highest BCUT2D eigenvalue weighted by Crippen LogP contribution is 2.38. The number of methoxy groups -OCH3 is 2. The molecule has 1 fully saturated rings. The van der Waals surface area contributed by atoms with Crippen molar-refractivity contribution < 1.29 is 27.4 Å². The Bertz CT molecular complexity index is 1430. The predicted molar refractivity (Wildman–Crippen MR) is 130 cm³/mol. The predicted octanol–water partition coefficient (Wildman–Crippen LogP) is 2.36.